The summed E-state index contributed by atoms with van der Waals surface area (Å²) in [6.07, 6.45) is 0. The Labute approximate surface area is 184 Å². The number of nitrogens with zero attached hydrogens (tertiary/aromatic N) is 1. The van der Waals surface area contributed by atoms with E-state index in [1.807, 2.05) is 30.3 Å². The normalized spacial score (nSPS) is 15.2. The number of hydrogen-bond acceptors (Lipinski definition) is 6. The molecule has 1 N–H and O–H groups in total. The lowest BCUT2D eigenvalue weighted by molar-refractivity contribution is -0.120. The van der Waals surface area contributed by atoms with Crippen molar-refractivity contribution in [3.63, 3.8) is 0 Å². The molecule has 5 rings (SSSR count). The zero-order valence-electron chi connectivity index (χ0n) is 17.3. The number of benzene rings is 3. The third kappa shape index (κ3) is 3.43. The number of imide groups is 1. The minimum atomic E-state index is -0.443. The molecule has 0 saturated carbocycles. The molecule has 2 aliphatic heterocycles. The zero-order valence-corrected chi connectivity index (χ0v) is 17.3. The van der Waals surface area contributed by atoms with Gasteiger partial charge in [0.05, 0.1) is 18.4 Å². The average molecular weight is 428 g/mol. The molecule has 0 aromatic heterocycles. The third-order valence-corrected chi connectivity index (χ3v) is 5.29. The second-order valence-electron chi connectivity index (χ2n) is 7.24. The van der Waals surface area contributed by atoms with Crippen LogP contribution in [0.4, 0.5) is 11.4 Å². The van der Waals surface area contributed by atoms with Gasteiger partial charge in [-0.1, -0.05) is 30.3 Å². The second-order valence-corrected chi connectivity index (χ2v) is 7.24. The van der Waals surface area contributed by atoms with Crippen LogP contribution in [0.2, 0.25) is 0 Å². The minimum absolute atomic E-state index is 0.209. The fourth-order valence-corrected chi connectivity index (χ4v) is 3.74. The first-order valence-electron chi connectivity index (χ1n) is 10.1. The monoisotopic (exact) mass is 428 g/mol. The Balaban J connectivity index is 1.55. The van der Waals surface area contributed by atoms with E-state index in [9.17, 15) is 9.59 Å². The van der Waals surface area contributed by atoms with Gasteiger partial charge in [0.25, 0.3) is 11.8 Å². The molecule has 0 saturated heterocycles. The number of rotatable bonds is 5. The summed E-state index contributed by atoms with van der Waals surface area (Å²) in [6, 6.07) is 21.3. The van der Waals surface area contributed by atoms with Crippen LogP contribution >= 0.6 is 0 Å². The maximum Gasteiger partial charge on any atom is 0.282 e. The topological polar surface area (TPSA) is 77.1 Å². The summed E-state index contributed by atoms with van der Waals surface area (Å²) in [5.74, 6) is 0.939. The molecule has 0 radical (unpaired) electrons. The highest BCUT2D eigenvalue weighted by Crippen LogP contribution is 2.38. The van der Waals surface area contributed by atoms with Crippen molar-refractivity contribution in [1.29, 1.82) is 0 Å². The first kappa shape index (κ1) is 19.7. The Morgan fingerprint density at radius 2 is 1.56 bits per heavy atom. The molecule has 0 unspecified atom stereocenters. The van der Waals surface area contributed by atoms with E-state index in [4.69, 9.17) is 14.2 Å². The molecule has 0 fully saturated rings. The average Bonchev–Trinajstić information content (AvgIpc) is 3.08. The lowest BCUT2D eigenvalue weighted by atomic mass is 10.0. The largest absolute Gasteiger partial charge is 0.497 e. The van der Waals surface area contributed by atoms with E-state index in [-0.39, 0.29) is 5.70 Å². The molecular formula is C25H20N2O5. The fourth-order valence-electron chi connectivity index (χ4n) is 3.74. The molecule has 3 aromatic rings. The molecule has 32 heavy (non-hydrogen) atoms. The molecule has 0 spiro atoms. The van der Waals surface area contributed by atoms with Crippen LogP contribution < -0.4 is 24.4 Å². The van der Waals surface area contributed by atoms with Crippen LogP contribution in [0, 0.1) is 0 Å². The number of hydrogen-bond donors (Lipinski definition) is 1. The van der Waals surface area contributed by atoms with Gasteiger partial charge in [-0.05, 0) is 42.0 Å². The lowest BCUT2D eigenvalue weighted by Crippen LogP contribution is -2.32. The SMILES string of the molecule is COc1ccc(NC2=C(c3ccccc3)C(=O)N(c3ccc4c(c3)OCCO4)C2=O)cc1. The fraction of sp³-hybridized carbons (Fsp3) is 0.120. The van der Waals surface area contributed by atoms with Crippen LogP contribution in [0.3, 0.4) is 0 Å². The van der Waals surface area contributed by atoms with Crippen LogP contribution in [0.5, 0.6) is 17.2 Å². The van der Waals surface area contributed by atoms with Crippen molar-refractivity contribution in [2.24, 2.45) is 0 Å². The van der Waals surface area contributed by atoms with Gasteiger partial charge in [-0.15, -0.1) is 0 Å². The first-order valence-corrected chi connectivity index (χ1v) is 10.1. The van der Waals surface area contributed by atoms with Crippen LogP contribution in [0.15, 0.2) is 78.5 Å². The van der Waals surface area contributed by atoms with Gasteiger partial charge >= 0.3 is 0 Å². The minimum Gasteiger partial charge on any atom is -0.497 e. The van der Waals surface area contributed by atoms with Crippen molar-refractivity contribution in [3.8, 4) is 17.2 Å². The number of carbonyl (C=O) groups excluding carboxylic acids is 2. The first-order chi connectivity index (χ1) is 15.7. The molecule has 2 aliphatic rings. The highest BCUT2D eigenvalue weighted by Gasteiger charge is 2.40. The highest BCUT2D eigenvalue weighted by molar-refractivity contribution is 6.46. The van der Waals surface area contributed by atoms with Crippen molar-refractivity contribution >= 4 is 28.8 Å². The van der Waals surface area contributed by atoms with E-state index in [1.165, 1.54) is 0 Å². The van der Waals surface area contributed by atoms with Crippen LogP contribution in [0.1, 0.15) is 5.56 Å². The smallest absolute Gasteiger partial charge is 0.282 e. The molecule has 7 heteroatoms. The number of fused-ring (bicyclic) bond motifs is 1. The third-order valence-electron chi connectivity index (χ3n) is 5.29. The van der Waals surface area contributed by atoms with Gasteiger partial charge in [0.2, 0.25) is 0 Å². The Bertz CT molecular complexity index is 1220. The molecule has 2 amide bonds. The Kier molecular flexibility index (Phi) is 4.99. The van der Waals surface area contributed by atoms with Gasteiger partial charge in [0.15, 0.2) is 11.5 Å². The van der Waals surface area contributed by atoms with E-state index >= 15 is 0 Å². The van der Waals surface area contributed by atoms with Crippen molar-refractivity contribution < 1.29 is 23.8 Å². The van der Waals surface area contributed by atoms with Gasteiger partial charge in [-0.2, -0.15) is 0 Å². The molecule has 0 atom stereocenters. The van der Waals surface area contributed by atoms with E-state index in [1.54, 1.807) is 49.6 Å². The summed E-state index contributed by atoms with van der Waals surface area (Å²) < 4.78 is 16.4. The maximum absolute atomic E-state index is 13.5. The lowest BCUT2D eigenvalue weighted by Gasteiger charge is -2.21. The highest BCUT2D eigenvalue weighted by atomic mass is 16.6. The van der Waals surface area contributed by atoms with Crippen molar-refractivity contribution in [1.82, 2.24) is 0 Å². The number of amides is 2. The van der Waals surface area contributed by atoms with Gasteiger partial charge < -0.3 is 19.5 Å². The van der Waals surface area contributed by atoms with E-state index in [0.29, 0.717) is 53.0 Å². The summed E-state index contributed by atoms with van der Waals surface area (Å²) in [5, 5.41) is 3.14. The number of carbonyl (C=O) groups is 2. The summed E-state index contributed by atoms with van der Waals surface area (Å²) >= 11 is 0. The van der Waals surface area contributed by atoms with E-state index in [2.05, 4.69) is 5.32 Å². The molecule has 3 aromatic carbocycles. The molecule has 7 nitrogen and oxygen atoms in total. The summed E-state index contributed by atoms with van der Waals surface area (Å²) in [7, 11) is 1.59. The van der Waals surface area contributed by atoms with Crippen LogP contribution in [-0.2, 0) is 9.59 Å². The molecule has 0 aliphatic carbocycles. The number of ether oxygens (including phenoxy) is 3. The van der Waals surface area contributed by atoms with Crippen molar-refractivity contribution in [2.75, 3.05) is 30.5 Å². The number of methoxy groups -OCH3 is 1. The molecule has 0 bridgehead atoms. The zero-order chi connectivity index (χ0) is 22.1. The van der Waals surface area contributed by atoms with Crippen LogP contribution in [-0.4, -0.2) is 32.1 Å². The Morgan fingerprint density at radius 1 is 0.844 bits per heavy atom. The maximum atomic E-state index is 13.5. The summed E-state index contributed by atoms with van der Waals surface area (Å²) in [4.78, 5) is 28.1. The van der Waals surface area contributed by atoms with Crippen molar-refractivity contribution in [3.05, 3.63) is 84.1 Å². The summed E-state index contributed by atoms with van der Waals surface area (Å²) in [5.41, 5.74) is 2.26. The Hall–Kier alpha value is -4.26. The van der Waals surface area contributed by atoms with Crippen molar-refractivity contribution in [2.45, 2.75) is 0 Å². The standard InChI is InChI=1S/C25H20N2O5/c1-30-19-10-7-17(8-11-19)26-23-22(16-5-3-2-4-6-16)24(28)27(25(23)29)18-9-12-20-21(15-18)32-14-13-31-20/h2-12,15,26H,13-14H2,1H3. The van der Waals surface area contributed by atoms with Crippen LogP contribution in [0.25, 0.3) is 5.57 Å². The van der Waals surface area contributed by atoms with E-state index in [0.717, 1.165) is 4.90 Å². The molecular weight excluding hydrogens is 408 g/mol. The van der Waals surface area contributed by atoms with Gasteiger partial charge in [0.1, 0.15) is 24.7 Å². The van der Waals surface area contributed by atoms with Gasteiger partial charge in [0, 0.05) is 11.8 Å². The molecule has 2 heterocycles. The van der Waals surface area contributed by atoms with Gasteiger partial charge in [-0.3, -0.25) is 9.59 Å². The number of anilines is 2. The summed E-state index contributed by atoms with van der Waals surface area (Å²) in [6.45, 7) is 0.875. The predicted octanol–water partition coefficient (Wildman–Crippen LogP) is 3.86. The van der Waals surface area contributed by atoms with E-state index < -0.39 is 11.8 Å². The van der Waals surface area contributed by atoms with Gasteiger partial charge in [-0.25, -0.2) is 4.90 Å². The predicted molar refractivity (Wildman–Crippen MR) is 120 cm³/mol. The molecule has 160 valence electrons. The quantitative estimate of drug-likeness (QED) is 0.622. The Morgan fingerprint density at radius 3 is 2.28 bits per heavy atom. The number of nitrogens with one attached hydrogen (secondary N) is 1. The second kappa shape index (κ2) is 8.11.